The lowest BCUT2D eigenvalue weighted by atomic mass is 10.1. The fourth-order valence-electron chi connectivity index (χ4n) is 2.27. The van der Waals surface area contributed by atoms with E-state index in [2.05, 4.69) is 5.32 Å². The molecule has 112 valence electrons. The first-order valence-electron chi connectivity index (χ1n) is 6.20. The molecule has 0 spiro atoms. The number of carboxylic acid groups (broad SMARTS) is 1. The van der Waals surface area contributed by atoms with Gasteiger partial charge in [0.25, 0.3) is 5.69 Å². The first kappa shape index (κ1) is 14.7. The first-order chi connectivity index (χ1) is 9.91. The number of hydrogen-bond donors (Lipinski definition) is 3. The largest absolute Gasteiger partial charge is 0.480 e. The number of nitro groups is 1. The van der Waals surface area contributed by atoms with Crippen molar-refractivity contribution in [3.05, 3.63) is 33.9 Å². The van der Waals surface area contributed by atoms with E-state index in [9.17, 15) is 24.8 Å². The molecule has 21 heavy (non-hydrogen) atoms. The molecule has 1 heterocycles. The minimum atomic E-state index is -1.10. The number of nitrogens with two attached hydrogens (primary N) is 1. The number of primary amides is 1. The number of aliphatic carboxylic acids is 1. The Bertz CT molecular complexity index is 603. The highest BCUT2D eigenvalue weighted by molar-refractivity contribution is 5.95. The van der Waals surface area contributed by atoms with Crippen LogP contribution in [0.2, 0.25) is 0 Å². The molecule has 1 aromatic rings. The number of carbonyl (C=O) groups excluding carboxylic acids is 1. The Labute approximate surface area is 119 Å². The number of nitrogens with one attached hydrogen (secondary N) is 1. The Balaban J connectivity index is 2.52. The highest BCUT2D eigenvalue weighted by Gasteiger charge is 2.32. The van der Waals surface area contributed by atoms with Gasteiger partial charge in [0, 0.05) is 31.3 Å². The second-order valence-corrected chi connectivity index (χ2v) is 4.58. The van der Waals surface area contributed by atoms with E-state index in [0.717, 1.165) is 6.07 Å². The van der Waals surface area contributed by atoms with Crippen LogP contribution in [-0.4, -0.2) is 47.6 Å². The smallest absolute Gasteiger partial charge is 0.327 e. The highest BCUT2D eigenvalue weighted by Crippen LogP contribution is 2.31. The van der Waals surface area contributed by atoms with Crippen LogP contribution in [0.25, 0.3) is 0 Å². The van der Waals surface area contributed by atoms with E-state index in [1.807, 2.05) is 0 Å². The summed E-state index contributed by atoms with van der Waals surface area (Å²) in [5, 5.41) is 23.3. The van der Waals surface area contributed by atoms with Crippen molar-refractivity contribution < 1.29 is 19.6 Å². The van der Waals surface area contributed by atoms with Gasteiger partial charge >= 0.3 is 5.97 Å². The van der Waals surface area contributed by atoms with Gasteiger partial charge in [-0.3, -0.25) is 14.9 Å². The van der Waals surface area contributed by atoms with Crippen molar-refractivity contribution in [2.24, 2.45) is 5.73 Å². The topological polar surface area (TPSA) is 139 Å². The zero-order chi connectivity index (χ0) is 15.6. The molecular formula is C12H14N4O5. The predicted molar refractivity (Wildman–Crippen MR) is 73.3 cm³/mol. The summed E-state index contributed by atoms with van der Waals surface area (Å²) < 4.78 is 0. The maximum absolute atomic E-state index is 11.3. The zero-order valence-corrected chi connectivity index (χ0v) is 11.0. The fraction of sp³-hybridized carbons (Fsp3) is 0.333. The van der Waals surface area contributed by atoms with E-state index in [1.165, 1.54) is 17.0 Å². The molecular weight excluding hydrogens is 280 g/mol. The maximum Gasteiger partial charge on any atom is 0.327 e. The van der Waals surface area contributed by atoms with Crippen molar-refractivity contribution >= 4 is 23.3 Å². The van der Waals surface area contributed by atoms with Crippen molar-refractivity contribution in [2.45, 2.75) is 6.04 Å². The Morgan fingerprint density at radius 2 is 2.19 bits per heavy atom. The van der Waals surface area contributed by atoms with Gasteiger partial charge in [-0.1, -0.05) is 0 Å². The normalized spacial score (nSPS) is 18.3. The van der Waals surface area contributed by atoms with Gasteiger partial charge in [0.15, 0.2) is 0 Å². The Kier molecular flexibility index (Phi) is 4.03. The minimum Gasteiger partial charge on any atom is -0.480 e. The maximum atomic E-state index is 11.3. The molecule has 1 fully saturated rings. The van der Waals surface area contributed by atoms with Crippen LogP contribution in [0.4, 0.5) is 11.4 Å². The molecule has 0 radical (unpaired) electrons. The van der Waals surface area contributed by atoms with Gasteiger partial charge in [-0.15, -0.1) is 0 Å². The van der Waals surface area contributed by atoms with Crippen LogP contribution >= 0.6 is 0 Å². The Morgan fingerprint density at radius 3 is 2.76 bits per heavy atom. The molecule has 1 amide bonds. The lowest BCUT2D eigenvalue weighted by Crippen LogP contribution is -2.55. The van der Waals surface area contributed by atoms with E-state index in [4.69, 9.17) is 5.73 Å². The van der Waals surface area contributed by atoms with Crippen molar-refractivity contribution in [3.8, 4) is 0 Å². The van der Waals surface area contributed by atoms with Gasteiger partial charge < -0.3 is 21.1 Å². The summed E-state index contributed by atoms with van der Waals surface area (Å²) in [4.78, 5) is 34.5. The van der Waals surface area contributed by atoms with Crippen molar-refractivity contribution in [3.63, 3.8) is 0 Å². The van der Waals surface area contributed by atoms with Crippen LogP contribution in [0.3, 0.4) is 0 Å². The Hall–Kier alpha value is -2.68. The van der Waals surface area contributed by atoms with Crippen LogP contribution in [0.15, 0.2) is 18.2 Å². The summed E-state index contributed by atoms with van der Waals surface area (Å²) in [7, 11) is 0. The highest BCUT2D eigenvalue weighted by atomic mass is 16.6. The summed E-state index contributed by atoms with van der Waals surface area (Å²) in [6.45, 7) is 0.926. The molecule has 0 aromatic heterocycles. The molecule has 9 nitrogen and oxygen atoms in total. The predicted octanol–water partition coefficient (Wildman–Crippen LogP) is -0.444. The minimum absolute atomic E-state index is 0.0881. The molecule has 0 bridgehead atoms. The molecule has 1 atom stereocenters. The van der Waals surface area contributed by atoms with Crippen LogP contribution in [0, 0.1) is 10.1 Å². The quantitative estimate of drug-likeness (QED) is 0.505. The molecule has 0 saturated carbocycles. The molecule has 4 N–H and O–H groups in total. The van der Waals surface area contributed by atoms with Crippen LogP contribution < -0.4 is 16.0 Å². The number of hydrogen-bond acceptors (Lipinski definition) is 6. The number of rotatable bonds is 4. The second kappa shape index (κ2) is 5.75. The fourth-order valence-corrected chi connectivity index (χ4v) is 2.27. The van der Waals surface area contributed by atoms with Crippen LogP contribution in [-0.2, 0) is 4.79 Å². The number of piperazine rings is 1. The molecule has 1 unspecified atom stereocenters. The average Bonchev–Trinajstić information content (AvgIpc) is 2.46. The third-order valence-corrected chi connectivity index (χ3v) is 3.29. The summed E-state index contributed by atoms with van der Waals surface area (Å²) in [6, 6.07) is 2.74. The lowest BCUT2D eigenvalue weighted by Gasteiger charge is -2.35. The zero-order valence-electron chi connectivity index (χ0n) is 11.0. The van der Waals surface area contributed by atoms with Crippen LogP contribution in [0.5, 0.6) is 0 Å². The molecule has 1 aromatic carbocycles. The third-order valence-electron chi connectivity index (χ3n) is 3.29. The number of anilines is 1. The molecule has 2 rings (SSSR count). The molecule has 1 aliphatic rings. The van der Waals surface area contributed by atoms with Gasteiger partial charge in [0.05, 0.1) is 4.92 Å². The SMILES string of the molecule is NC(=O)c1ccc([N+](=O)[O-])c(N2CCNCC2C(=O)O)c1. The van der Waals surface area contributed by atoms with Crippen molar-refractivity contribution in [1.29, 1.82) is 0 Å². The van der Waals surface area contributed by atoms with Crippen molar-refractivity contribution in [2.75, 3.05) is 24.5 Å². The number of nitro benzene ring substituents is 1. The standard InChI is InChI=1S/C12H14N4O5/c13-11(17)7-1-2-8(16(20)21)9(5-7)15-4-3-14-6-10(15)12(18)19/h1-2,5,10,14H,3-4,6H2,(H2,13,17)(H,18,19). The van der Waals surface area contributed by atoms with Crippen molar-refractivity contribution in [1.82, 2.24) is 5.32 Å². The van der Waals surface area contributed by atoms with Gasteiger partial charge in [0.1, 0.15) is 11.7 Å². The third kappa shape index (κ3) is 2.92. The number of nitrogens with zero attached hydrogens (tertiary/aromatic N) is 2. The average molecular weight is 294 g/mol. The molecule has 1 saturated heterocycles. The molecule has 9 heteroatoms. The van der Waals surface area contributed by atoms with Gasteiger partial charge in [-0.05, 0) is 12.1 Å². The lowest BCUT2D eigenvalue weighted by molar-refractivity contribution is -0.384. The Morgan fingerprint density at radius 1 is 1.48 bits per heavy atom. The second-order valence-electron chi connectivity index (χ2n) is 4.58. The van der Waals surface area contributed by atoms with E-state index < -0.39 is 22.8 Å². The summed E-state index contributed by atoms with van der Waals surface area (Å²) in [6.07, 6.45) is 0. The summed E-state index contributed by atoms with van der Waals surface area (Å²) >= 11 is 0. The monoisotopic (exact) mass is 294 g/mol. The molecule has 0 aliphatic carbocycles. The van der Waals surface area contributed by atoms with Gasteiger partial charge in [-0.25, -0.2) is 4.79 Å². The first-order valence-corrected chi connectivity index (χ1v) is 6.20. The number of carbonyl (C=O) groups is 2. The summed E-state index contributed by atoms with van der Waals surface area (Å²) in [5.74, 6) is -1.82. The number of benzene rings is 1. The van der Waals surface area contributed by atoms with E-state index in [0.29, 0.717) is 6.54 Å². The summed E-state index contributed by atoms with van der Waals surface area (Å²) in [5.41, 5.74) is 5.10. The van der Waals surface area contributed by atoms with E-state index >= 15 is 0 Å². The number of carboxylic acids is 1. The van der Waals surface area contributed by atoms with E-state index in [-0.39, 0.29) is 30.0 Å². The van der Waals surface area contributed by atoms with Gasteiger partial charge in [-0.2, -0.15) is 0 Å². The van der Waals surface area contributed by atoms with Gasteiger partial charge in [0.2, 0.25) is 5.91 Å². The number of amides is 1. The molecule has 1 aliphatic heterocycles. The van der Waals surface area contributed by atoms with Crippen LogP contribution in [0.1, 0.15) is 10.4 Å². The van der Waals surface area contributed by atoms with E-state index in [1.54, 1.807) is 0 Å².